The fourth-order valence-electron chi connectivity index (χ4n) is 3.23. The van der Waals surface area contributed by atoms with Crippen LogP contribution in [0.5, 0.6) is 0 Å². The van der Waals surface area contributed by atoms with Gasteiger partial charge in [0.15, 0.2) is 0 Å². The maximum absolute atomic E-state index is 10.6. The maximum atomic E-state index is 10.6. The number of thioether (sulfide) groups is 1. The van der Waals surface area contributed by atoms with E-state index < -0.39 is 5.60 Å². The second-order valence-corrected chi connectivity index (χ2v) is 10.4. The van der Waals surface area contributed by atoms with Crippen LogP contribution in [-0.4, -0.2) is 22.7 Å². The molecule has 32 heavy (non-hydrogen) atoms. The molecule has 5 heteroatoms. The van der Waals surface area contributed by atoms with Crippen LogP contribution in [0, 0.1) is 13.8 Å². The smallest absolute Gasteiger partial charge is 0.0985 e. The summed E-state index contributed by atoms with van der Waals surface area (Å²) < 4.78 is 0. The van der Waals surface area contributed by atoms with Crippen LogP contribution in [0.2, 0.25) is 0 Å². The number of aliphatic hydroxyl groups is 1. The number of allylic oxidation sites excluding steroid dienone is 1. The Hall–Kier alpha value is -2.34. The first-order chi connectivity index (χ1) is 15.1. The predicted octanol–water partition coefficient (Wildman–Crippen LogP) is 7.77. The van der Waals surface area contributed by atoms with Gasteiger partial charge in [-0.1, -0.05) is 30.3 Å². The van der Waals surface area contributed by atoms with Crippen molar-refractivity contribution in [2.45, 2.75) is 52.0 Å². The maximum Gasteiger partial charge on any atom is 0.0985 e. The lowest BCUT2D eigenvalue weighted by molar-refractivity contribution is 0.153. The quantitative estimate of drug-likeness (QED) is 0.220. The topological polar surface area (TPSA) is 35.8 Å². The number of nitrogens with zero attached hydrogens (tertiary/aromatic N) is 2. The second-order valence-electron chi connectivity index (χ2n) is 8.42. The highest BCUT2D eigenvalue weighted by Gasteiger charge is 2.22. The van der Waals surface area contributed by atoms with Gasteiger partial charge < -0.3 is 5.11 Å². The standard InChI is InChI=1S/C27H32N2OS2/c1-8-23(26-15-14-25(32-26)21-10-9-11-22(17-21)31-7)29(28-20(4)27(5,6)30)24-16-18(2)12-13-19(24)3/h8-17,30H,1-7H3/b23-8-,28-20+. The third kappa shape index (κ3) is 5.52. The van der Waals surface area contributed by atoms with Crippen LogP contribution in [0.25, 0.3) is 16.1 Å². The summed E-state index contributed by atoms with van der Waals surface area (Å²) in [6.07, 6.45) is 4.19. The lowest BCUT2D eigenvalue weighted by Gasteiger charge is -2.27. The van der Waals surface area contributed by atoms with Crippen molar-refractivity contribution < 1.29 is 5.11 Å². The van der Waals surface area contributed by atoms with Crippen molar-refractivity contribution in [1.82, 2.24) is 0 Å². The summed E-state index contributed by atoms with van der Waals surface area (Å²) in [4.78, 5) is 3.61. The molecule has 3 aromatic rings. The third-order valence-corrected chi connectivity index (χ3v) is 7.32. The van der Waals surface area contributed by atoms with Crippen LogP contribution in [0.4, 0.5) is 5.69 Å². The van der Waals surface area contributed by atoms with E-state index in [-0.39, 0.29) is 0 Å². The van der Waals surface area contributed by atoms with Crippen molar-refractivity contribution >= 4 is 40.2 Å². The zero-order valence-electron chi connectivity index (χ0n) is 19.9. The van der Waals surface area contributed by atoms with E-state index in [1.54, 1.807) is 36.9 Å². The summed E-state index contributed by atoms with van der Waals surface area (Å²) in [7, 11) is 0. The molecule has 3 nitrogen and oxygen atoms in total. The normalized spacial score (nSPS) is 12.9. The van der Waals surface area contributed by atoms with Crippen molar-refractivity contribution in [1.29, 1.82) is 0 Å². The molecular weight excluding hydrogens is 432 g/mol. The summed E-state index contributed by atoms with van der Waals surface area (Å²) in [6, 6.07) is 19.3. The minimum Gasteiger partial charge on any atom is -0.384 e. The van der Waals surface area contributed by atoms with E-state index in [4.69, 9.17) is 5.10 Å². The van der Waals surface area contributed by atoms with E-state index in [0.29, 0.717) is 5.71 Å². The molecule has 168 valence electrons. The Morgan fingerprint density at radius 3 is 2.50 bits per heavy atom. The summed E-state index contributed by atoms with van der Waals surface area (Å²) >= 11 is 3.51. The van der Waals surface area contributed by atoms with Crippen LogP contribution >= 0.6 is 23.1 Å². The molecule has 3 rings (SSSR count). The van der Waals surface area contributed by atoms with Crippen LogP contribution in [0.3, 0.4) is 0 Å². The van der Waals surface area contributed by atoms with E-state index in [2.05, 4.69) is 80.8 Å². The van der Waals surface area contributed by atoms with Crippen molar-refractivity contribution in [3.8, 4) is 10.4 Å². The molecule has 0 radical (unpaired) electrons. The molecule has 0 unspecified atom stereocenters. The van der Waals surface area contributed by atoms with Crippen LogP contribution in [-0.2, 0) is 0 Å². The molecule has 0 fully saturated rings. The van der Waals surface area contributed by atoms with Gasteiger partial charge in [-0.3, -0.25) is 0 Å². The van der Waals surface area contributed by atoms with Gasteiger partial charge in [0.1, 0.15) is 0 Å². The zero-order valence-corrected chi connectivity index (χ0v) is 21.6. The molecule has 0 aliphatic heterocycles. The zero-order chi connectivity index (χ0) is 23.5. The average molecular weight is 465 g/mol. The molecule has 0 amide bonds. The molecule has 0 saturated carbocycles. The number of anilines is 1. The third-order valence-electron chi connectivity index (χ3n) is 5.44. The first-order valence-corrected chi connectivity index (χ1v) is 12.7. The molecule has 0 aliphatic rings. The Morgan fingerprint density at radius 2 is 1.84 bits per heavy atom. The minimum atomic E-state index is -1.01. The van der Waals surface area contributed by atoms with Crippen LogP contribution in [0.15, 0.2) is 70.7 Å². The number of aryl methyl sites for hydroxylation is 2. The fraction of sp³-hybridized carbons (Fsp3) is 0.296. The summed E-state index contributed by atoms with van der Waals surface area (Å²) in [5.41, 5.74) is 5.18. The van der Waals surface area contributed by atoms with Gasteiger partial charge in [0.2, 0.25) is 0 Å². The van der Waals surface area contributed by atoms with Gasteiger partial charge in [-0.2, -0.15) is 5.10 Å². The number of benzene rings is 2. The molecule has 1 aromatic heterocycles. The Kier molecular flexibility index (Phi) is 7.65. The van der Waals surface area contributed by atoms with Crippen molar-refractivity contribution in [3.63, 3.8) is 0 Å². The van der Waals surface area contributed by atoms with Crippen LogP contribution in [0.1, 0.15) is 43.7 Å². The average Bonchev–Trinajstić information content (AvgIpc) is 3.24. The highest BCUT2D eigenvalue weighted by Crippen LogP contribution is 2.37. The monoisotopic (exact) mass is 464 g/mol. The van der Waals surface area contributed by atoms with Gasteiger partial charge >= 0.3 is 0 Å². The van der Waals surface area contributed by atoms with Gasteiger partial charge in [0.05, 0.1) is 27.6 Å². The molecule has 0 bridgehead atoms. The van der Waals surface area contributed by atoms with E-state index in [1.165, 1.54) is 20.9 Å². The van der Waals surface area contributed by atoms with E-state index in [9.17, 15) is 5.11 Å². The number of hydrazone groups is 1. The van der Waals surface area contributed by atoms with E-state index in [0.717, 1.165) is 21.8 Å². The first kappa shape index (κ1) is 24.3. The molecular formula is C27H32N2OS2. The summed E-state index contributed by atoms with van der Waals surface area (Å²) in [5.74, 6) is 0. The summed E-state index contributed by atoms with van der Waals surface area (Å²) in [6.45, 7) is 11.6. The molecule has 0 aliphatic carbocycles. The van der Waals surface area contributed by atoms with Gasteiger partial charge in [0.25, 0.3) is 0 Å². The largest absolute Gasteiger partial charge is 0.384 e. The lowest BCUT2D eigenvalue weighted by atomic mass is 10.1. The molecule has 0 atom stereocenters. The van der Waals surface area contributed by atoms with E-state index >= 15 is 0 Å². The number of hydrogen-bond donors (Lipinski definition) is 1. The number of rotatable bonds is 7. The fourth-order valence-corrected chi connectivity index (χ4v) is 4.76. The van der Waals surface area contributed by atoms with Gasteiger partial charge in [-0.15, -0.1) is 23.1 Å². The summed E-state index contributed by atoms with van der Waals surface area (Å²) in [5, 5.41) is 17.4. The Balaban J connectivity index is 2.11. The highest BCUT2D eigenvalue weighted by atomic mass is 32.2. The molecule has 2 aromatic carbocycles. The van der Waals surface area contributed by atoms with Crippen molar-refractivity contribution in [2.24, 2.45) is 5.10 Å². The molecule has 1 N–H and O–H groups in total. The molecule has 0 spiro atoms. The second kappa shape index (κ2) is 10.1. The number of hydrogen-bond acceptors (Lipinski definition) is 5. The van der Waals surface area contributed by atoms with Crippen molar-refractivity contribution in [2.75, 3.05) is 11.3 Å². The number of thiophene rings is 1. The Morgan fingerprint density at radius 1 is 1.09 bits per heavy atom. The molecule has 1 heterocycles. The molecule has 0 saturated heterocycles. The van der Waals surface area contributed by atoms with Gasteiger partial charge in [-0.05, 0) is 94.8 Å². The first-order valence-electron chi connectivity index (χ1n) is 10.7. The lowest BCUT2D eigenvalue weighted by Crippen LogP contribution is -2.31. The minimum absolute atomic E-state index is 0.655. The van der Waals surface area contributed by atoms with E-state index in [1.807, 2.05) is 18.9 Å². The van der Waals surface area contributed by atoms with Crippen LogP contribution < -0.4 is 5.01 Å². The van der Waals surface area contributed by atoms with Crippen molar-refractivity contribution in [3.05, 3.63) is 76.7 Å². The highest BCUT2D eigenvalue weighted by molar-refractivity contribution is 7.98. The van der Waals surface area contributed by atoms with Gasteiger partial charge in [0, 0.05) is 9.77 Å². The Bertz CT molecular complexity index is 1150. The Labute approximate surface area is 200 Å². The SMILES string of the molecule is C/C=C(/c1ccc(-c2cccc(SC)c2)s1)N(/N=C(\C)C(C)(C)O)c1cc(C)ccc1C. The predicted molar refractivity (Wildman–Crippen MR) is 143 cm³/mol. The van der Waals surface area contributed by atoms with Gasteiger partial charge in [-0.25, -0.2) is 5.01 Å².